The van der Waals surface area contributed by atoms with Gasteiger partial charge in [0.1, 0.15) is 5.82 Å². The van der Waals surface area contributed by atoms with Crippen LogP contribution in [0.2, 0.25) is 0 Å². The first kappa shape index (κ1) is 12.7. The van der Waals surface area contributed by atoms with E-state index < -0.39 is 10.8 Å². The molecule has 1 aliphatic carbocycles. The summed E-state index contributed by atoms with van der Waals surface area (Å²) in [4.78, 5) is 0.591. The molecule has 2 rings (SSSR count). The Morgan fingerprint density at radius 1 is 1.53 bits per heavy atom. The summed E-state index contributed by atoms with van der Waals surface area (Å²) in [5, 5.41) is 3.37. The summed E-state index contributed by atoms with van der Waals surface area (Å²) < 4.78 is 25.2. The lowest BCUT2D eigenvalue weighted by Crippen LogP contribution is -2.35. The van der Waals surface area contributed by atoms with Crippen molar-refractivity contribution >= 4 is 10.8 Å². The Morgan fingerprint density at radius 2 is 2.29 bits per heavy atom. The molecule has 0 spiro atoms. The highest BCUT2D eigenvalue weighted by atomic mass is 32.2. The molecule has 1 saturated carbocycles. The average Bonchev–Trinajstić information content (AvgIpc) is 3.12. The molecule has 17 heavy (non-hydrogen) atoms. The monoisotopic (exact) mass is 255 g/mol. The first-order chi connectivity index (χ1) is 8.20. The van der Waals surface area contributed by atoms with Crippen molar-refractivity contribution in [3.8, 4) is 0 Å². The molecule has 94 valence electrons. The fraction of sp³-hybridized carbons (Fsp3) is 0.538. The van der Waals surface area contributed by atoms with E-state index >= 15 is 0 Å². The second-order valence-electron chi connectivity index (χ2n) is 4.47. The second-order valence-corrected chi connectivity index (χ2v) is 5.97. The molecule has 1 aliphatic rings. The van der Waals surface area contributed by atoms with Crippen LogP contribution < -0.4 is 5.32 Å². The van der Waals surface area contributed by atoms with Gasteiger partial charge in [-0.1, -0.05) is 13.0 Å². The number of hydrogen-bond donors (Lipinski definition) is 1. The van der Waals surface area contributed by atoms with Gasteiger partial charge in [-0.15, -0.1) is 0 Å². The smallest absolute Gasteiger partial charge is 0.124 e. The number of rotatable bonds is 6. The van der Waals surface area contributed by atoms with E-state index in [1.807, 2.05) is 0 Å². The molecular weight excluding hydrogens is 237 g/mol. The number of benzene rings is 1. The second kappa shape index (κ2) is 5.74. The molecular formula is C13H18FNOS. The molecule has 1 N–H and O–H groups in total. The van der Waals surface area contributed by atoms with E-state index in [-0.39, 0.29) is 5.82 Å². The third kappa shape index (κ3) is 3.61. The van der Waals surface area contributed by atoms with E-state index in [0.717, 1.165) is 6.54 Å². The first-order valence-electron chi connectivity index (χ1n) is 6.08. The van der Waals surface area contributed by atoms with Gasteiger partial charge in [-0.05, 0) is 43.5 Å². The minimum atomic E-state index is -1.11. The fourth-order valence-corrected chi connectivity index (χ4v) is 3.37. The fourth-order valence-electron chi connectivity index (χ4n) is 1.99. The van der Waals surface area contributed by atoms with Crippen molar-refractivity contribution in [3.05, 3.63) is 30.1 Å². The molecule has 0 aromatic heterocycles. The summed E-state index contributed by atoms with van der Waals surface area (Å²) in [7, 11) is -1.11. The molecule has 2 atom stereocenters. The lowest BCUT2D eigenvalue weighted by Gasteiger charge is -2.16. The van der Waals surface area contributed by atoms with Crippen LogP contribution in [0.25, 0.3) is 0 Å². The summed E-state index contributed by atoms with van der Waals surface area (Å²) in [6.07, 6.45) is 2.44. The van der Waals surface area contributed by atoms with Gasteiger partial charge >= 0.3 is 0 Å². The minimum absolute atomic E-state index is 0.309. The Labute approximate surface area is 104 Å². The Hall–Kier alpha value is -0.740. The highest BCUT2D eigenvalue weighted by Gasteiger charge is 2.31. The third-order valence-corrected chi connectivity index (χ3v) is 4.49. The van der Waals surface area contributed by atoms with Gasteiger partial charge in [-0.25, -0.2) is 4.39 Å². The topological polar surface area (TPSA) is 29.1 Å². The van der Waals surface area contributed by atoms with Crippen molar-refractivity contribution in [1.29, 1.82) is 0 Å². The van der Waals surface area contributed by atoms with Crippen LogP contribution in [0.3, 0.4) is 0 Å². The quantitative estimate of drug-likeness (QED) is 0.845. The predicted molar refractivity (Wildman–Crippen MR) is 67.9 cm³/mol. The lowest BCUT2D eigenvalue weighted by atomic mass is 10.2. The molecule has 0 radical (unpaired) electrons. The van der Waals surface area contributed by atoms with Crippen LogP contribution in [0.1, 0.15) is 19.8 Å². The predicted octanol–water partition coefficient (Wildman–Crippen LogP) is 2.32. The summed E-state index contributed by atoms with van der Waals surface area (Å²) in [5.74, 6) is 0.928. The van der Waals surface area contributed by atoms with Gasteiger partial charge in [0.25, 0.3) is 0 Å². The zero-order chi connectivity index (χ0) is 12.3. The molecule has 1 aromatic carbocycles. The molecule has 0 amide bonds. The number of hydrogen-bond acceptors (Lipinski definition) is 2. The Morgan fingerprint density at radius 3 is 2.88 bits per heavy atom. The molecule has 0 bridgehead atoms. The van der Waals surface area contributed by atoms with Crippen LogP contribution >= 0.6 is 0 Å². The van der Waals surface area contributed by atoms with Crippen LogP contribution in [0.5, 0.6) is 0 Å². The Bertz CT molecular complexity index is 406. The molecule has 1 aromatic rings. The standard InChI is InChI=1S/C13H18FNOS/c1-2-15-13(10-6-7-10)9-17(16)12-5-3-4-11(14)8-12/h3-5,8,10,13,15H,2,6-7,9H2,1H3. The van der Waals surface area contributed by atoms with E-state index in [4.69, 9.17) is 0 Å². The summed E-state index contributed by atoms with van der Waals surface area (Å²) >= 11 is 0. The van der Waals surface area contributed by atoms with Gasteiger partial charge < -0.3 is 5.32 Å². The highest BCUT2D eigenvalue weighted by molar-refractivity contribution is 7.85. The molecule has 0 saturated heterocycles. The zero-order valence-corrected chi connectivity index (χ0v) is 10.8. The first-order valence-corrected chi connectivity index (χ1v) is 7.40. The maximum Gasteiger partial charge on any atom is 0.124 e. The molecule has 2 nitrogen and oxygen atoms in total. The molecule has 4 heteroatoms. The van der Waals surface area contributed by atoms with E-state index in [1.165, 1.54) is 25.0 Å². The average molecular weight is 255 g/mol. The maximum atomic E-state index is 13.0. The van der Waals surface area contributed by atoms with Crippen LogP contribution in [-0.2, 0) is 10.8 Å². The number of nitrogens with one attached hydrogen (secondary N) is 1. The molecule has 1 fully saturated rings. The van der Waals surface area contributed by atoms with Crippen molar-refractivity contribution in [2.45, 2.75) is 30.7 Å². The van der Waals surface area contributed by atoms with Crippen LogP contribution in [0.15, 0.2) is 29.2 Å². The maximum absolute atomic E-state index is 13.0. The van der Waals surface area contributed by atoms with E-state index in [9.17, 15) is 8.60 Å². The Kier molecular flexibility index (Phi) is 4.29. The van der Waals surface area contributed by atoms with E-state index in [1.54, 1.807) is 12.1 Å². The van der Waals surface area contributed by atoms with E-state index in [2.05, 4.69) is 12.2 Å². The SMILES string of the molecule is CCNC(CS(=O)c1cccc(F)c1)C1CC1. The molecule has 0 heterocycles. The van der Waals surface area contributed by atoms with Crippen molar-refractivity contribution in [2.75, 3.05) is 12.3 Å². The van der Waals surface area contributed by atoms with Crippen molar-refractivity contribution in [2.24, 2.45) is 5.92 Å². The Balaban J connectivity index is 1.99. The van der Waals surface area contributed by atoms with Crippen LogP contribution in [0.4, 0.5) is 4.39 Å². The lowest BCUT2D eigenvalue weighted by molar-refractivity contribution is 0.514. The van der Waals surface area contributed by atoms with Crippen molar-refractivity contribution in [3.63, 3.8) is 0 Å². The minimum Gasteiger partial charge on any atom is -0.313 e. The summed E-state index contributed by atoms with van der Waals surface area (Å²) in [6.45, 7) is 2.95. The van der Waals surface area contributed by atoms with Crippen LogP contribution in [0, 0.1) is 11.7 Å². The van der Waals surface area contributed by atoms with Crippen molar-refractivity contribution in [1.82, 2.24) is 5.32 Å². The van der Waals surface area contributed by atoms with E-state index in [0.29, 0.717) is 22.6 Å². The third-order valence-electron chi connectivity index (χ3n) is 3.05. The van der Waals surface area contributed by atoms with Gasteiger partial charge in [-0.2, -0.15) is 0 Å². The summed E-state index contributed by atoms with van der Waals surface area (Å²) in [6, 6.07) is 6.40. The van der Waals surface area contributed by atoms with Gasteiger partial charge in [-0.3, -0.25) is 4.21 Å². The van der Waals surface area contributed by atoms with Gasteiger partial charge in [0.15, 0.2) is 0 Å². The van der Waals surface area contributed by atoms with Gasteiger partial charge in [0, 0.05) is 16.7 Å². The van der Waals surface area contributed by atoms with Gasteiger partial charge in [0.2, 0.25) is 0 Å². The summed E-state index contributed by atoms with van der Waals surface area (Å²) in [5.41, 5.74) is 0. The molecule has 2 unspecified atom stereocenters. The normalized spacial score (nSPS) is 18.9. The van der Waals surface area contributed by atoms with Crippen molar-refractivity contribution < 1.29 is 8.60 Å². The highest BCUT2D eigenvalue weighted by Crippen LogP contribution is 2.33. The zero-order valence-electron chi connectivity index (χ0n) is 9.99. The number of halogens is 1. The van der Waals surface area contributed by atoms with Crippen LogP contribution in [-0.4, -0.2) is 22.5 Å². The van der Waals surface area contributed by atoms with Gasteiger partial charge in [0.05, 0.1) is 10.8 Å². The largest absolute Gasteiger partial charge is 0.313 e. The molecule has 0 aliphatic heterocycles.